The molecule has 0 aliphatic heterocycles. The number of pyridine rings is 1. The number of nitrogens with zero attached hydrogens (tertiary/aromatic N) is 1. The molecular formula is C14H13F4N3. The Hall–Kier alpha value is -2.15. The Labute approximate surface area is 118 Å². The lowest BCUT2D eigenvalue weighted by Gasteiger charge is -2.16. The van der Waals surface area contributed by atoms with E-state index in [2.05, 4.69) is 4.98 Å². The van der Waals surface area contributed by atoms with E-state index in [1.807, 2.05) is 0 Å². The van der Waals surface area contributed by atoms with Gasteiger partial charge in [0.2, 0.25) is 0 Å². The summed E-state index contributed by atoms with van der Waals surface area (Å²) in [6, 6.07) is 5.35. The number of rotatable bonds is 3. The molecule has 4 N–H and O–H groups in total. The predicted molar refractivity (Wildman–Crippen MR) is 70.7 cm³/mol. The third kappa shape index (κ3) is 3.49. The van der Waals surface area contributed by atoms with Crippen LogP contribution in [0.15, 0.2) is 36.5 Å². The van der Waals surface area contributed by atoms with Crippen molar-refractivity contribution in [2.24, 2.45) is 5.73 Å². The minimum atomic E-state index is -4.75. The van der Waals surface area contributed by atoms with Crippen LogP contribution in [0.3, 0.4) is 0 Å². The van der Waals surface area contributed by atoms with Gasteiger partial charge in [-0.2, -0.15) is 13.2 Å². The van der Waals surface area contributed by atoms with Gasteiger partial charge in [-0.1, -0.05) is 12.1 Å². The van der Waals surface area contributed by atoms with E-state index < -0.39 is 23.6 Å². The van der Waals surface area contributed by atoms with Gasteiger partial charge < -0.3 is 11.5 Å². The highest BCUT2D eigenvalue weighted by molar-refractivity contribution is 5.35. The second-order valence-electron chi connectivity index (χ2n) is 4.61. The largest absolute Gasteiger partial charge is 0.419 e. The molecule has 0 aliphatic carbocycles. The predicted octanol–water partition coefficient (Wildman–Crippen LogP) is 3.06. The summed E-state index contributed by atoms with van der Waals surface area (Å²) >= 11 is 0. The molecule has 1 unspecified atom stereocenters. The van der Waals surface area contributed by atoms with Gasteiger partial charge >= 0.3 is 6.18 Å². The number of nitrogen functional groups attached to an aromatic ring is 1. The van der Waals surface area contributed by atoms with Crippen molar-refractivity contribution in [2.45, 2.75) is 18.6 Å². The third-order valence-corrected chi connectivity index (χ3v) is 3.03. The van der Waals surface area contributed by atoms with Crippen LogP contribution in [-0.2, 0) is 12.6 Å². The number of anilines is 1. The van der Waals surface area contributed by atoms with Gasteiger partial charge in [-0.25, -0.2) is 9.37 Å². The quantitative estimate of drug-likeness (QED) is 0.856. The molecule has 0 saturated heterocycles. The molecule has 1 aromatic heterocycles. The van der Waals surface area contributed by atoms with E-state index in [0.717, 1.165) is 6.07 Å². The van der Waals surface area contributed by atoms with Crippen molar-refractivity contribution in [1.82, 2.24) is 4.98 Å². The van der Waals surface area contributed by atoms with Crippen molar-refractivity contribution in [3.8, 4) is 0 Å². The Morgan fingerprint density at radius 1 is 1.19 bits per heavy atom. The maximum Gasteiger partial charge on any atom is 0.419 e. The van der Waals surface area contributed by atoms with Gasteiger partial charge in [-0.3, -0.25) is 0 Å². The van der Waals surface area contributed by atoms with Crippen LogP contribution < -0.4 is 11.5 Å². The van der Waals surface area contributed by atoms with Crippen LogP contribution in [0, 0.1) is 5.82 Å². The number of aromatic nitrogens is 1. The van der Waals surface area contributed by atoms with Gasteiger partial charge in [0.05, 0.1) is 5.56 Å². The lowest BCUT2D eigenvalue weighted by Crippen LogP contribution is -2.18. The second kappa shape index (κ2) is 5.69. The molecule has 0 fully saturated rings. The molecule has 0 saturated carbocycles. The lowest BCUT2D eigenvalue weighted by atomic mass is 9.97. The van der Waals surface area contributed by atoms with Crippen molar-refractivity contribution in [3.63, 3.8) is 0 Å². The maximum absolute atomic E-state index is 14.0. The third-order valence-electron chi connectivity index (χ3n) is 3.03. The van der Waals surface area contributed by atoms with Crippen LogP contribution in [0.1, 0.15) is 22.7 Å². The Morgan fingerprint density at radius 3 is 2.52 bits per heavy atom. The SMILES string of the molecule is Nc1cc(CC(N)c2cccc(C(F)(F)F)c2F)ccn1. The standard InChI is InChI=1S/C14H13F4N3/c15-13-9(2-1-3-10(13)14(16,17)18)11(19)6-8-4-5-21-12(20)7-8/h1-5,7,11H,6,19H2,(H2,20,21). The lowest BCUT2D eigenvalue weighted by molar-refractivity contribution is -0.140. The molecule has 2 aromatic rings. The molecule has 1 aromatic carbocycles. The minimum Gasteiger partial charge on any atom is -0.384 e. The summed E-state index contributed by atoms with van der Waals surface area (Å²) in [5.74, 6) is -1.07. The molecule has 7 heteroatoms. The molecule has 21 heavy (non-hydrogen) atoms. The molecule has 112 valence electrons. The fraction of sp³-hybridized carbons (Fsp3) is 0.214. The molecule has 3 nitrogen and oxygen atoms in total. The first-order valence-electron chi connectivity index (χ1n) is 6.10. The Kier molecular flexibility index (Phi) is 4.13. The number of halogens is 4. The van der Waals surface area contributed by atoms with E-state index >= 15 is 0 Å². The van der Waals surface area contributed by atoms with Crippen LogP contribution in [-0.4, -0.2) is 4.98 Å². The fourth-order valence-electron chi connectivity index (χ4n) is 2.04. The molecule has 0 radical (unpaired) electrons. The van der Waals surface area contributed by atoms with Crippen LogP contribution >= 0.6 is 0 Å². The second-order valence-corrected chi connectivity index (χ2v) is 4.61. The first-order valence-corrected chi connectivity index (χ1v) is 6.10. The van der Waals surface area contributed by atoms with Crippen molar-refractivity contribution >= 4 is 5.82 Å². The van der Waals surface area contributed by atoms with E-state index in [0.29, 0.717) is 11.6 Å². The van der Waals surface area contributed by atoms with Gasteiger partial charge in [-0.05, 0) is 30.2 Å². The van der Waals surface area contributed by atoms with Crippen LogP contribution in [0.25, 0.3) is 0 Å². The average molecular weight is 299 g/mol. The number of alkyl halides is 3. The zero-order valence-corrected chi connectivity index (χ0v) is 10.9. The summed E-state index contributed by atoms with van der Waals surface area (Å²) in [4.78, 5) is 3.80. The minimum absolute atomic E-state index is 0.158. The van der Waals surface area contributed by atoms with E-state index in [1.54, 1.807) is 12.1 Å². The Bertz CT molecular complexity index is 640. The highest BCUT2D eigenvalue weighted by atomic mass is 19.4. The van der Waals surface area contributed by atoms with E-state index in [1.165, 1.54) is 12.3 Å². The highest BCUT2D eigenvalue weighted by Gasteiger charge is 2.35. The van der Waals surface area contributed by atoms with Crippen molar-refractivity contribution in [3.05, 3.63) is 59.0 Å². The smallest absolute Gasteiger partial charge is 0.384 e. The fourth-order valence-corrected chi connectivity index (χ4v) is 2.04. The highest BCUT2D eigenvalue weighted by Crippen LogP contribution is 2.34. The molecular weight excluding hydrogens is 286 g/mol. The molecule has 0 spiro atoms. The summed E-state index contributed by atoms with van der Waals surface area (Å²) in [7, 11) is 0. The maximum atomic E-state index is 14.0. The summed E-state index contributed by atoms with van der Waals surface area (Å²) in [5, 5.41) is 0. The number of hydrogen-bond donors (Lipinski definition) is 2. The topological polar surface area (TPSA) is 64.9 Å². The van der Waals surface area contributed by atoms with Crippen LogP contribution in [0.5, 0.6) is 0 Å². The molecule has 2 rings (SSSR count). The van der Waals surface area contributed by atoms with E-state index in [4.69, 9.17) is 11.5 Å². The van der Waals surface area contributed by atoms with Crippen LogP contribution in [0.2, 0.25) is 0 Å². The molecule has 0 aliphatic rings. The van der Waals surface area contributed by atoms with Crippen molar-refractivity contribution in [1.29, 1.82) is 0 Å². The zero-order valence-electron chi connectivity index (χ0n) is 10.9. The molecule has 0 amide bonds. The first kappa shape index (κ1) is 15.2. The Balaban J connectivity index is 2.30. The zero-order chi connectivity index (χ0) is 15.6. The van der Waals surface area contributed by atoms with E-state index in [9.17, 15) is 17.6 Å². The first-order chi connectivity index (χ1) is 9.79. The number of hydrogen-bond acceptors (Lipinski definition) is 3. The Morgan fingerprint density at radius 2 is 1.90 bits per heavy atom. The van der Waals surface area contributed by atoms with Gasteiger partial charge in [0.1, 0.15) is 11.6 Å². The normalized spacial score (nSPS) is 13.2. The number of nitrogens with two attached hydrogens (primary N) is 2. The monoisotopic (exact) mass is 299 g/mol. The summed E-state index contributed by atoms with van der Waals surface area (Å²) in [6.07, 6.45) is -3.13. The van der Waals surface area contributed by atoms with Gasteiger partial charge in [0.25, 0.3) is 0 Å². The summed E-state index contributed by atoms with van der Waals surface area (Å²) < 4.78 is 52.0. The van der Waals surface area contributed by atoms with Gasteiger partial charge in [0.15, 0.2) is 0 Å². The number of benzene rings is 1. The van der Waals surface area contributed by atoms with Crippen molar-refractivity contribution < 1.29 is 17.6 Å². The van der Waals surface area contributed by atoms with Gasteiger partial charge in [0, 0.05) is 17.8 Å². The van der Waals surface area contributed by atoms with Gasteiger partial charge in [-0.15, -0.1) is 0 Å². The molecule has 0 bridgehead atoms. The average Bonchev–Trinajstić information content (AvgIpc) is 2.37. The van der Waals surface area contributed by atoms with E-state index in [-0.39, 0.29) is 17.8 Å². The van der Waals surface area contributed by atoms with Crippen LogP contribution in [0.4, 0.5) is 23.4 Å². The van der Waals surface area contributed by atoms with Crippen molar-refractivity contribution in [2.75, 3.05) is 5.73 Å². The summed E-state index contributed by atoms with van der Waals surface area (Å²) in [6.45, 7) is 0. The molecule has 1 heterocycles. The molecule has 1 atom stereocenters. The summed E-state index contributed by atoms with van der Waals surface area (Å²) in [5.41, 5.74) is 10.5.